The molecule has 3 aromatic heterocycles. The minimum absolute atomic E-state index is 0.395. The lowest BCUT2D eigenvalue weighted by atomic mass is 10.3. The molecule has 0 aliphatic heterocycles. The predicted molar refractivity (Wildman–Crippen MR) is 93.0 cm³/mol. The Kier molecular flexibility index (Phi) is 4.59. The number of unbranched alkanes of at least 4 members (excludes halogenated alkanes) is 1. The van der Waals surface area contributed by atoms with E-state index in [2.05, 4.69) is 21.9 Å². The first-order valence-corrected chi connectivity index (χ1v) is 8.32. The molecule has 0 aliphatic rings. The summed E-state index contributed by atoms with van der Waals surface area (Å²) in [6, 6.07) is 5.58. The predicted octanol–water partition coefficient (Wildman–Crippen LogP) is 2.16. The van der Waals surface area contributed by atoms with Gasteiger partial charge in [-0.2, -0.15) is 0 Å². The van der Waals surface area contributed by atoms with Crippen molar-refractivity contribution in [1.82, 2.24) is 24.1 Å². The summed E-state index contributed by atoms with van der Waals surface area (Å²) in [7, 11) is 0. The van der Waals surface area contributed by atoms with Crippen LogP contribution in [-0.4, -0.2) is 24.1 Å². The van der Waals surface area contributed by atoms with Crippen LogP contribution in [-0.2, 0) is 13.1 Å². The van der Waals surface area contributed by atoms with Gasteiger partial charge in [-0.05, 0) is 25.0 Å². The maximum atomic E-state index is 12.4. The largest absolute Gasteiger partial charge is 0.330 e. The standard InChI is InChI=1S/C17H21N5O2/c1-3-5-11-21-13-15(19-14(21)12-8-6-7-9-18-12)22(10-4-2)17(24)20-16(13)23/h6-9H,3-5,10-11H2,1-2H3,(H,20,23,24). The first-order chi connectivity index (χ1) is 11.7. The summed E-state index contributed by atoms with van der Waals surface area (Å²) in [5.74, 6) is 0.625. The highest BCUT2D eigenvalue weighted by Crippen LogP contribution is 2.21. The number of nitrogens with zero attached hydrogens (tertiary/aromatic N) is 4. The molecule has 0 unspecified atom stereocenters. The molecule has 126 valence electrons. The minimum Gasteiger partial charge on any atom is -0.317 e. The summed E-state index contributed by atoms with van der Waals surface area (Å²) in [5, 5.41) is 0. The first kappa shape index (κ1) is 16.2. The monoisotopic (exact) mass is 327 g/mol. The van der Waals surface area contributed by atoms with Gasteiger partial charge in [0.2, 0.25) is 0 Å². The van der Waals surface area contributed by atoms with Crippen LogP contribution in [0, 0.1) is 0 Å². The Hall–Kier alpha value is -2.70. The minimum atomic E-state index is -0.415. The number of H-pyrrole nitrogens is 1. The highest BCUT2D eigenvalue weighted by Gasteiger charge is 2.19. The number of hydrogen-bond donors (Lipinski definition) is 1. The van der Waals surface area contributed by atoms with Crippen molar-refractivity contribution >= 4 is 11.2 Å². The van der Waals surface area contributed by atoms with Crippen molar-refractivity contribution in [3.8, 4) is 11.5 Å². The van der Waals surface area contributed by atoms with Gasteiger partial charge in [0.05, 0.1) is 0 Å². The van der Waals surface area contributed by atoms with Crippen molar-refractivity contribution in [3.63, 3.8) is 0 Å². The number of imidazole rings is 1. The molecule has 24 heavy (non-hydrogen) atoms. The fourth-order valence-corrected chi connectivity index (χ4v) is 2.83. The normalized spacial score (nSPS) is 11.2. The number of nitrogens with one attached hydrogen (secondary N) is 1. The van der Waals surface area contributed by atoms with Crippen LogP contribution in [0.1, 0.15) is 33.1 Å². The summed E-state index contributed by atoms with van der Waals surface area (Å²) < 4.78 is 3.41. The third-order valence-corrected chi connectivity index (χ3v) is 3.96. The Balaban J connectivity index is 2.35. The fourth-order valence-electron chi connectivity index (χ4n) is 2.83. The molecule has 0 atom stereocenters. The summed E-state index contributed by atoms with van der Waals surface area (Å²) in [5.41, 5.74) is 0.759. The molecule has 3 heterocycles. The molecule has 0 saturated heterocycles. The number of aromatic nitrogens is 5. The summed E-state index contributed by atoms with van der Waals surface area (Å²) >= 11 is 0. The fraction of sp³-hybridized carbons (Fsp3) is 0.412. The van der Waals surface area contributed by atoms with Crippen molar-refractivity contribution < 1.29 is 0 Å². The van der Waals surface area contributed by atoms with Crippen LogP contribution in [0.15, 0.2) is 34.0 Å². The molecule has 0 aromatic carbocycles. The van der Waals surface area contributed by atoms with E-state index in [0.29, 0.717) is 35.8 Å². The topological polar surface area (TPSA) is 85.6 Å². The molecule has 0 saturated carbocycles. The zero-order valence-electron chi connectivity index (χ0n) is 14.0. The van der Waals surface area contributed by atoms with E-state index >= 15 is 0 Å². The molecule has 7 nitrogen and oxygen atoms in total. The van der Waals surface area contributed by atoms with Gasteiger partial charge in [0, 0.05) is 19.3 Å². The molecule has 0 bridgehead atoms. The van der Waals surface area contributed by atoms with E-state index in [9.17, 15) is 9.59 Å². The highest BCUT2D eigenvalue weighted by atomic mass is 16.2. The Morgan fingerprint density at radius 1 is 1.08 bits per heavy atom. The average molecular weight is 327 g/mol. The Morgan fingerprint density at radius 2 is 1.92 bits per heavy atom. The lowest BCUT2D eigenvalue weighted by Crippen LogP contribution is -2.31. The molecular formula is C17H21N5O2. The number of aromatic amines is 1. The van der Waals surface area contributed by atoms with Crippen LogP contribution in [0.2, 0.25) is 0 Å². The molecule has 0 radical (unpaired) electrons. The Morgan fingerprint density at radius 3 is 2.58 bits per heavy atom. The van der Waals surface area contributed by atoms with Crippen LogP contribution < -0.4 is 11.2 Å². The Bertz CT molecular complexity index is 953. The van der Waals surface area contributed by atoms with Crippen molar-refractivity contribution in [2.75, 3.05) is 0 Å². The van der Waals surface area contributed by atoms with E-state index in [1.54, 1.807) is 6.20 Å². The van der Waals surface area contributed by atoms with Gasteiger partial charge in [0.15, 0.2) is 17.0 Å². The van der Waals surface area contributed by atoms with Crippen molar-refractivity contribution in [2.24, 2.45) is 0 Å². The summed E-state index contributed by atoms with van der Waals surface area (Å²) in [6.45, 7) is 5.25. The average Bonchev–Trinajstić information content (AvgIpc) is 2.97. The van der Waals surface area contributed by atoms with Gasteiger partial charge < -0.3 is 4.57 Å². The second-order valence-electron chi connectivity index (χ2n) is 5.74. The van der Waals surface area contributed by atoms with E-state index in [-0.39, 0.29) is 0 Å². The van der Waals surface area contributed by atoms with Crippen LogP contribution in [0.25, 0.3) is 22.7 Å². The van der Waals surface area contributed by atoms with E-state index in [1.807, 2.05) is 29.7 Å². The van der Waals surface area contributed by atoms with Gasteiger partial charge in [-0.3, -0.25) is 19.3 Å². The number of fused-ring (bicyclic) bond motifs is 1. The third-order valence-electron chi connectivity index (χ3n) is 3.96. The lowest BCUT2D eigenvalue weighted by molar-refractivity contribution is 0.640. The smallest absolute Gasteiger partial charge is 0.317 e. The first-order valence-electron chi connectivity index (χ1n) is 8.32. The summed E-state index contributed by atoms with van der Waals surface area (Å²) in [6.07, 6.45) is 4.38. The number of pyridine rings is 1. The zero-order chi connectivity index (χ0) is 17.1. The second kappa shape index (κ2) is 6.82. The van der Waals surface area contributed by atoms with Gasteiger partial charge in [-0.15, -0.1) is 0 Å². The van der Waals surface area contributed by atoms with Crippen molar-refractivity contribution in [3.05, 3.63) is 45.2 Å². The van der Waals surface area contributed by atoms with E-state index in [4.69, 9.17) is 0 Å². The SMILES string of the molecule is CCCCn1c(-c2ccccn2)nc2c1c(=O)[nH]c(=O)n2CCC. The molecule has 3 aromatic rings. The lowest BCUT2D eigenvalue weighted by Gasteiger charge is -2.08. The van der Waals surface area contributed by atoms with Crippen molar-refractivity contribution in [2.45, 2.75) is 46.2 Å². The number of aryl methyl sites for hydroxylation is 2. The Labute approximate surface area is 139 Å². The molecule has 1 N–H and O–H groups in total. The van der Waals surface area contributed by atoms with E-state index in [1.165, 1.54) is 4.57 Å². The van der Waals surface area contributed by atoms with Gasteiger partial charge in [-0.25, -0.2) is 9.78 Å². The van der Waals surface area contributed by atoms with E-state index in [0.717, 1.165) is 19.3 Å². The third kappa shape index (κ3) is 2.77. The van der Waals surface area contributed by atoms with Crippen LogP contribution in [0.3, 0.4) is 0 Å². The molecule has 0 aliphatic carbocycles. The molecule has 7 heteroatoms. The van der Waals surface area contributed by atoms with Gasteiger partial charge in [0.1, 0.15) is 5.69 Å². The molecular weight excluding hydrogens is 306 g/mol. The van der Waals surface area contributed by atoms with Gasteiger partial charge in [-0.1, -0.05) is 26.3 Å². The number of rotatable bonds is 6. The maximum Gasteiger partial charge on any atom is 0.330 e. The van der Waals surface area contributed by atoms with E-state index < -0.39 is 11.2 Å². The summed E-state index contributed by atoms with van der Waals surface area (Å²) in [4.78, 5) is 36.0. The zero-order valence-corrected chi connectivity index (χ0v) is 14.0. The number of hydrogen-bond acceptors (Lipinski definition) is 4. The molecule has 0 fully saturated rings. The highest BCUT2D eigenvalue weighted by molar-refractivity contribution is 5.76. The van der Waals surface area contributed by atoms with Crippen LogP contribution in [0.4, 0.5) is 0 Å². The maximum absolute atomic E-state index is 12.4. The molecule has 0 spiro atoms. The second-order valence-corrected chi connectivity index (χ2v) is 5.74. The van der Waals surface area contributed by atoms with Gasteiger partial charge in [0.25, 0.3) is 5.56 Å². The van der Waals surface area contributed by atoms with Gasteiger partial charge >= 0.3 is 5.69 Å². The quantitative estimate of drug-likeness (QED) is 0.752. The van der Waals surface area contributed by atoms with Crippen LogP contribution >= 0.6 is 0 Å². The van der Waals surface area contributed by atoms with Crippen LogP contribution in [0.5, 0.6) is 0 Å². The molecule has 3 rings (SSSR count). The molecule has 0 amide bonds. The van der Waals surface area contributed by atoms with Crippen molar-refractivity contribution in [1.29, 1.82) is 0 Å².